The van der Waals surface area contributed by atoms with E-state index in [2.05, 4.69) is 10.3 Å². The number of hydrogen-bond acceptors (Lipinski definition) is 4. The molecule has 0 unspecified atom stereocenters. The second-order valence-electron chi connectivity index (χ2n) is 6.23. The molecular weight excluding hydrogens is 290 g/mol. The number of carbonyl (C=O) groups excluding carboxylic acids is 1. The van der Waals surface area contributed by atoms with Crippen molar-refractivity contribution in [3.63, 3.8) is 0 Å². The van der Waals surface area contributed by atoms with Crippen LogP contribution in [0.15, 0.2) is 18.2 Å². The lowest BCUT2D eigenvalue weighted by Crippen LogP contribution is -2.44. The van der Waals surface area contributed by atoms with Crippen LogP contribution < -0.4 is 5.32 Å². The van der Waals surface area contributed by atoms with Gasteiger partial charge in [0.25, 0.3) is 0 Å². The summed E-state index contributed by atoms with van der Waals surface area (Å²) in [4.78, 5) is 18.0. The van der Waals surface area contributed by atoms with Gasteiger partial charge in [-0.25, -0.2) is 9.78 Å². The zero-order valence-corrected chi connectivity index (χ0v) is 13.5. The van der Waals surface area contributed by atoms with Crippen LogP contribution in [0.2, 0.25) is 5.15 Å². The highest BCUT2D eigenvalue weighted by Gasteiger charge is 2.26. The molecular formula is C15H22ClN3O2. The Bertz CT molecular complexity index is 494. The molecule has 1 saturated heterocycles. The van der Waals surface area contributed by atoms with E-state index in [-0.39, 0.29) is 6.09 Å². The maximum absolute atomic E-state index is 12.0. The van der Waals surface area contributed by atoms with Gasteiger partial charge in [0.05, 0.1) is 0 Å². The molecule has 6 heteroatoms. The Kier molecular flexibility index (Phi) is 4.93. The summed E-state index contributed by atoms with van der Waals surface area (Å²) in [5.74, 6) is 0.776. The molecule has 0 aliphatic carbocycles. The molecule has 1 aliphatic rings. The summed E-state index contributed by atoms with van der Waals surface area (Å²) >= 11 is 5.87. The van der Waals surface area contributed by atoms with Gasteiger partial charge in [-0.15, -0.1) is 0 Å². The van der Waals surface area contributed by atoms with Crippen LogP contribution in [-0.4, -0.2) is 40.7 Å². The second kappa shape index (κ2) is 6.52. The van der Waals surface area contributed by atoms with Gasteiger partial charge in [-0.1, -0.05) is 17.7 Å². The first-order valence-electron chi connectivity index (χ1n) is 7.20. The number of halogens is 1. The highest BCUT2D eigenvalue weighted by Crippen LogP contribution is 2.18. The molecule has 1 fully saturated rings. The van der Waals surface area contributed by atoms with Crippen molar-refractivity contribution in [2.75, 3.05) is 18.4 Å². The maximum atomic E-state index is 12.0. The Morgan fingerprint density at radius 2 is 2.05 bits per heavy atom. The van der Waals surface area contributed by atoms with Crippen molar-refractivity contribution in [2.24, 2.45) is 0 Å². The lowest BCUT2D eigenvalue weighted by atomic mass is 10.1. The smallest absolute Gasteiger partial charge is 0.410 e. The van der Waals surface area contributed by atoms with E-state index in [1.54, 1.807) is 11.0 Å². The minimum absolute atomic E-state index is 0.234. The molecule has 21 heavy (non-hydrogen) atoms. The third-order valence-corrected chi connectivity index (χ3v) is 3.42. The quantitative estimate of drug-likeness (QED) is 0.849. The average Bonchev–Trinajstić information content (AvgIpc) is 2.37. The number of rotatable bonds is 2. The fourth-order valence-electron chi connectivity index (χ4n) is 2.23. The van der Waals surface area contributed by atoms with Crippen LogP contribution in [0.1, 0.15) is 33.6 Å². The lowest BCUT2D eigenvalue weighted by Gasteiger charge is -2.33. The number of piperidine rings is 1. The molecule has 1 N–H and O–H groups in total. The largest absolute Gasteiger partial charge is 0.444 e. The van der Waals surface area contributed by atoms with Gasteiger partial charge in [-0.3, -0.25) is 0 Å². The van der Waals surface area contributed by atoms with E-state index in [4.69, 9.17) is 16.3 Å². The number of nitrogens with zero attached hydrogens (tertiary/aromatic N) is 2. The number of anilines is 1. The van der Waals surface area contributed by atoms with E-state index in [9.17, 15) is 4.79 Å². The average molecular weight is 312 g/mol. The zero-order valence-electron chi connectivity index (χ0n) is 12.7. The van der Waals surface area contributed by atoms with Gasteiger partial charge in [0.1, 0.15) is 16.6 Å². The first kappa shape index (κ1) is 15.9. The van der Waals surface area contributed by atoms with Gasteiger partial charge in [-0.05, 0) is 45.7 Å². The van der Waals surface area contributed by atoms with Crippen LogP contribution in [0.5, 0.6) is 0 Å². The summed E-state index contributed by atoms with van der Waals surface area (Å²) < 4.78 is 5.38. The van der Waals surface area contributed by atoms with Gasteiger partial charge in [0, 0.05) is 19.1 Å². The predicted octanol–water partition coefficient (Wildman–Crippen LogP) is 3.55. The van der Waals surface area contributed by atoms with E-state index in [1.807, 2.05) is 32.9 Å². The molecule has 1 amide bonds. The minimum atomic E-state index is -0.448. The summed E-state index contributed by atoms with van der Waals surface area (Å²) in [5, 5.41) is 3.83. The Balaban J connectivity index is 1.82. The molecule has 0 aromatic carbocycles. The summed E-state index contributed by atoms with van der Waals surface area (Å²) in [6, 6.07) is 5.81. The maximum Gasteiger partial charge on any atom is 0.410 e. The molecule has 1 aromatic heterocycles. The predicted molar refractivity (Wildman–Crippen MR) is 83.7 cm³/mol. The van der Waals surface area contributed by atoms with Crippen molar-refractivity contribution in [3.05, 3.63) is 23.4 Å². The van der Waals surface area contributed by atoms with Crippen LogP contribution in [0.25, 0.3) is 0 Å². The summed E-state index contributed by atoms with van der Waals surface area (Å²) in [5.41, 5.74) is -0.448. The van der Waals surface area contributed by atoms with E-state index < -0.39 is 5.60 Å². The molecule has 5 nitrogen and oxygen atoms in total. The SMILES string of the molecule is CC(C)(C)OC(=O)N1CCC(Nc2cccc(Cl)n2)CC1. The first-order chi connectivity index (χ1) is 9.83. The molecule has 0 atom stereocenters. The standard InChI is InChI=1S/C15H22ClN3O2/c1-15(2,3)21-14(20)19-9-7-11(8-10-19)17-13-6-4-5-12(16)18-13/h4-6,11H,7-10H2,1-3H3,(H,17,18). The number of hydrogen-bond donors (Lipinski definition) is 1. The van der Waals surface area contributed by atoms with Crippen LogP contribution in [0.4, 0.5) is 10.6 Å². The number of nitrogens with one attached hydrogen (secondary N) is 1. The third kappa shape index (κ3) is 5.08. The second-order valence-corrected chi connectivity index (χ2v) is 6.62. The number of likely N-dealkylation sites (tertiary alicyclic amines) is 1. The molecule has 0 radical (unpaired) electrons. The third-order valence-electron chi connectivity index (χ3n) is 3.21. The van der Waals surface area contributed by atoms with Gasteiger partial charge >= 0.3 is 6.09 Å². The molecule has 2 rings (SSSR count). The number of carbonyl (C=O) groups is 1. The van der Waals surface area contributed by atoms with E-state index >= 15 is 0 Å². The molecule has 0 bridgehead atoms. The monoisotopic (exact) mass is 311 g/mol. The molecule has 0 spiro atoms. The number of amides is 1. The van der Waals surface area contributed by atoms with Gasteiger partial charge in [0.15, 0.2) is 0 Å². The van der Waals surface area contributed by atoms with E-state index in [1.165, 1.54) is 0 Å². The van der Waals surface area contributed by atoms with Gasteiger partial charge in [0.2, 0.25) is 0 Å². The highest BCUT2D eigenvalue weighted by atomic mass is 35.5. The van der Waals surface area contributed by atoms with Crippen molar-refractivity contribution < 1.29 is 9.53 Å². The topological polar surface area (TPSA) is 54.5 Å². The van der Waals surface area contributed by atoms with E-state index in [0.717, 1.165) is 18.7 Å². The normalized spacial score (nSPS) is 16.7. The minimum Gasteiger partial charge on any atom is -0.444 e. The lowest BCUT2D eigenvalue weighted by molar-refractivity contribution is 0.0210. The van der Waals surface area contributed by atoms with Crippen LogP contribution in [-0.2, 0) is 4.74 Å². The van der Waals surface area contributed by atoms with Gasteiger partial charge in [-0.2, -0.15) is 0 Å². The zero-order chi connectivity index (χ0) is 15.5. The fourth-order valence-corrected chi connectivity index (χ4v) is 2.39. The number of aromatic nitrogens is 1. The van der Waals surface area contributed by atoms with Crippen LogP contribution in [0, 0.1) is 0 Å². The molecule has 2 heterocycles. The molecule has 0 saturated carbocycles. The van der Waals surface area contributed by atoms with Crippen LogP contribution >= 0.6 is 11.6 Å². The fraction of sp³-hybridized carbons (Fsp3) is 0.600. The Hall–Kier alpha value is -1.49. The molecule has 1 aliphatic heterocycles. The summed E-state index contributed by atoms with van der Waals surface area (Å²) in [6.45, 7) is 7.01. The summed E-state index contributed by atoms with van der Waals surface area (Å²) in [7, 11) is 0. The molecule has 1 aromatic rings. The summed E-state index contributed by atoms with van der Waals surface area (Å²) in [6.07, 6.45) is 1.50. The number of ether oxygens (including phenoxy) is 1. The Labute approximate surface area is 130 Å². The first-order valence-corrected chi connectivity index (χ1v) is 7.58. The number of pyridine rings is 1. The van der Waals surface area contributed by atoms with Gasteiger partial charge < -0.3 is 15.0 Å². The van der Waals surface area contributed by atoms with Crippen molar-refractivity contribution in [3.8, 4) is 0 Å². The van der Waals surface area contributed by atoms with Crippen molar-refractivity contribution in [1.82, 2.24) is 9.88 Å². The van der Waals surface area contributed by atoms with Crippen molar-refractivity contribution in [2.45, 2.75) is 45.3 Å². The Morgan fingerprint density at radius 1 is 1.38 bits per heavy atom. The van der Waals surface area contributed by atoms with Crippen molar-refractivity contribution in [1.29, 1.82) is 0 Å². The van der Waals surface area contributed by atoms with E-state index in [0.29, 0.717) is 24.3 Å². The Morgan fingerprint density at radius 3 is 2.62 bits per heavy atom. The highest BCUT2D eigenvalue weighted by molar-refractivity contribution is 6.29. The van der Waals surface area contributed by atoms with Crippen molar-refractivity contribution >= 4 is 23.5 Å². The van der Waals surface area contributed by atoms with Crippen LogP contribution in [0.3, 0.4) is 0 Å². The molecule has 116 valence electrons.